The number of nitrogens with zero attached hydrogens (tertiary/aromatic N) is 5. The van der Waals surface area contributed by atoms with E-state index < -0.39 is 0 Å². The molecule has 1 N–H and O–H groups in total. The second-order valence-electron chi connectivity index (χ2n) is 9.39. The number of hydrogen-bond acceptors (Lipinski definition) is 6. The van der Waals surface area contributed by atoms with Gasteiger partial charge in [-0.3, -0.25) is 4.79 Å². The molecule has 0 spiro atoms. The van der Waals surface area contributed by atoms with Crippen molar-refractivity contribution in [2.75, 3.05) is 31.1 Å². The van der Waals surface area contributed by atoms with Gasteiger partial charge in [0, 0.05) is 62.7 Å². The first-order chi connectivity index (χ1) is 17.2. The SMILES string of the molecule is Cn1cc(C[N-]CC2CCN(c3ncc(C(=O)NOC4CCCCO4)cn3)CC2)c2ccccc21. The van der Waals surface area contributed by atoms with Gasteiger partial charge in [0.25, 0.3) is 5.91 Å². The molecule has 0 radical (unpaired) electrons. The number of aryl methyl sites for hydroxylation is 1. The van der Waals surface area contributed by atoms with Gasteiger partial charge < -0.3 is 19.5 Å². The minimum absolute atomic E-state index is 0.364. The van der Waals surface area contributed by atoms with Gasteiger partial charge in [-0.25, -0.2) is 20.3 Å². The van der Waals surface area contributed by atoms with Crippen molar-refractivity contribution in [1.82, 2.24) is 20.0 Å². The normalized spacial score (nSPS) is 19.2. The zero-order valence-corrected chi connectivity index (χ0v) is 20.2. The maximum Gasteiger partial charge on any atom is 0.278 e. The van der Waals surface area contributed by atoms with Gasteiger partial charge in [-0.05, 0) is 37.3 Å². The number of anilines is 1. The maximum absolute atomic E-state index is 12.3. The lowest BCUT2D eigenvalue weighted by Gasteiger charge is -2.35. The molecule has 3 aromatic rings. The first-order valence-electron chi connectivity index (χ1n) is 12.5. The number of nitrogens with one attached hydrogen (secondary N) is 1. The molecule has 4 heterocycles. The second-order valence-corrected chi connectivity index (χ2v) is 9.39. The number of fused-ring (bicyclic) bond motifs is 1. The van der Waals surface area contributed by atoms with Crippen molar-refractivity contribution in [3.63, 3.8) is 0 Å². The molecule has 5 rings (SSSR count). The van der Waals surface area contributed by atoms with Crippen molar-refractivity contribution in [2.45, 2.75) is 44.9 Å². The molecular weight excluding hydrogens is 444 g/mol. The zero-order chi connectivity index (χ0) is 24.0. The Morgan fingerprint density at radius 2 is 1.97 bits per heavy atom. The fourth-order valence-corrected chi connectivity index (χ4v) is 4.82. The van der Waals surface area contributed by atoms with Crippen LogP contribution in [0.1, 0.15) is 48.0 Å². The summed E-state index contributed by atoms with van der Waals surface area (Å²) in [6.07, 6.45) is 9.86. The zero-order valence-electron chi connectivity index (χ0n) is 20.2. The van der Waals surface area contributed by atoms with Crippen LogP contribution in [0.5, 0.6) is 0 Å². The summed E-state index contributed by atoms with van der Waals surface area (Å²) in [7, 11) is 2.09. The van der Waals surface area contributed by atoms with Gasteiger partial charge in [-0.15, -0.1) is 13.1 Å². The van der Waals surface area contributed by atoms with Gasteiger partial charge >= 0.3 is 0 Å². The fourth-order valence-electron chi connectivity index (χ4n) is 4.82. The Kier molecular flexibility index (Phi) is 7.56. The highest BCUT2D eigenvalue weighted by Gasteiger charge is 2.20. The molecule has 35 heavy (non-hydrogen) atoms. The largest absolute Gasteiger partial charge is 0.658 e. The van der Waals surface area contributed by atoms with Gasteiger partial charge in [0.05, 0.1) is 5.56 Å². The number of aromatic nitrogens is 3. The van der Waals surface area contributed by atoms with Gasteiger partial charge in [-0.1, -0.05) is 24.1 Å². The van der Waals surface area contributed by atoms with Crippen molar-refractivity contribution in [2.24, 2.45) is 13.0 Å². The van der Waals surface area contributed by atoms with Gasteiger partial charge in [-0.2, -0.15) is 0 Å². The lowest BCUT2D eigenvalue weighted by Crippen LogP contribution is -2.36. The van der Waals surface area contributed by atoms with Crippen LogP contribution in [0.3, 0.4) is 0 Å². The molecule has 2 aromatic heterocycles. The molecule has 2 fully saturated rings. The first-order valence-corrected chi connectivity index (χ1v) is 12.5. The maximum atomic E-state index is 12.3. The average Bonchev–Trinajstić information content (AvgIpc) is 3.24. The highest BCUT2D eigenvalue weighted by atomic mass is 16.8. The van der Waals surface area contributed by atoms with E-state index in [2.05, 4.69) is 62.4 Å². The third kappa shape index (κ3) is 5.80. The third-order valence-corrected chi connectivity index (χ3v) is 6.87. The Labute approximate surface area is 205 Å². The van der Waals surface area contributed by atoms with Crippen LogP contribution >= 0.6 is 0 Å². The van der Waals surface area contributed by atoms with Crippen LogP contribution in [0.4, 0.5) is 5.95 Å². The van der Waals surface area contributed by atoms with Crippen LogP contribution in [0, 0.1) is 5.92 Å². The summed E-state index contributed by atoms with van der Waals surface area (Å²) in [5.74, 6) is 0.867. The minimum Gasteiger partial charge on any atom is -0.658 e. The van der Waals surface area contributed by atoms with E-state index in [-0.39, 0.29) is 12.2 Å². The van der Waals surface area contributed by atoms with Crippen molar-refractivity contribution in [3.05, 3.63) is 59.3 Å². The standard InChI is InChI=1S/C26H33N6O3/c1-31-18-21(22-6-2-3-7-23(22)31)15-27-14-19-9-11-32(12-10-19)26-28-16-20(17-29-26)25(33)30-35-24-8-4-5-13-34-24/h2-3,6-7,16-19,24H,4-5,8-15H2,1H3,(H,30,33)/q-1. The Hall–Kier alpha value is -3.01. The molecule has 2 aliphatic rings. The van der Waals surface area contributed by atoms with E-state index in [1.807, 2.05) is 0 Å². The fraction of sp³-hybridized carbons (Fsp3) is 0.500. The molecule has 2 aliphatic heterocycles. The molecule has 186 valence electrons. The van der Waals surface area contributed by atoms with Crippen LogP contribution in [-0.2, 0) is 23.2 Å². The van der Waals surface area contributed by atoms with E-state index in [4.69, 9.17) is 14.9 Å². The van der Waals surface area contributed by atoms with Crippen LogP contribution in [0.25, 0.3) is 16.2 Å². The third-order valence-electron chi connectivity index (χ3n) is 6.87. The summed E-state index contributed by atoms with van der Waals surface area (Å²) >= 11 is 0. The molecule has 0 aliphatic carbocycles. The number of piperidine rings is 1. The quantitative estimate of drug-likeness (QED) is 0.494. The average molecular weight is 478 g/mol. The highest BCUT2D eigenvalue weighted by Crippen LogP contribution is 2.25. The Bertz CT molecular complexity index is 1120. The summed E-state index contributed by atoms with van der Waals surface area (Å²) in [5, 5.41) is 6.17. The molecule has 1 amide bonds. The van der Waals surface area contributed by atoms with E-state index in [9.17, 15) is 4.79 Å². The molecular formula is C26H33N6O3-. The minimum atomic E-state index is -0.382. The van der Waals surface area contributed by atoms with E-state index in [0.717, 1.165) is 58.3 Å². The summed E-state index contributed by atoms with van der Waals surface area (Å²) in [4.78, 5) is 28.7. The Morgan fingerprint density at radius 3 is 2.74 bits per heavy atom. The summed E-state index contributed by atoms with van der Waals surface area (Å²) in [6, 6.07) is 8.48. The molecule has 0 saturated carbocycles. The van der Waals surface area contributed by atoms with Gasteiger partial charge in [0.15, 0.2) is 6.29 Å². The number of benzene rings is 1. The predicted molar refractivity (Wildman–Crippen MR) is 134 cm³/mol. The molecule has 9 heteroatoms. The Balaban J connectivity index is 1.05. The topological polar surface area (TPSA) is 95.6 Å². The first kappa shape index (κ1) is 23.7. The van der Waals surface area contributed by atoms with Crippen LogP contribution in [-0.4, -0.2) is 53.0 Å². The van der Waals surface area contributed by atoms with Gasteiger partial charge in [0.2, 0.25) is 5.95 Å². The van der Waals surface area contributed by atoms with Crippen LogP contribution in [0.2, 0.25) is 0 Å². The number of carbonyl (C=O) groups excluding carboxylic acids is 1. The number of hydrogen-bond donors (Lipinski definition) is 1. The summed E-state index contributed by atoms with van der Waals surface area (Å²) in [6.45, 7) is 4.07. The number of amides is 1. The van der Waals surface area contributed by atoms with Crippen molar-refractivity contribution in [3.8, 4) is 0 Å². The number of rotatable bonds is 8. The van der Waals surface area contributed by atoms with Crippen molar-refractivity contribution >= 4 is 22.8 Å². The summed E-state index contributed by atoms with van der Waals surface area (Å²) < 4.78 is 7.63. The van der Waals surface area contributed by atoms with Crippen molar-refractivity contribution in [1.29, 1.82) is 0 Å². The monoisotopic (exact) mass is 477 g/mol. The molecule has 2 saturated heterocycles. The van der Waals surface area contributed by atoms with Crippen LogP contribution in [0.15, 0.2) is 42.9 Å². The van der Waals surface area contributed by atoms with E-state index in [1.165, 1.54) is 16.5 Å². The number of carbonyl (C=O) groups is 1. The van der Waals surface area contributed by atoms with Crippen LogP contribution < -0.4 is 10.4 Å². The molecule has 0 bridgehead atoms. The Morgan fingerprint density at radius 1 is 1.17 bits per heavy atom. The lowest BCUT2D eigenvalue weighted by atomic mass is 9.97. The summed E-state index contributed by atoms with van der Waals surface area (Å²) in [5.41, 5.74) is 5.35. The van der Waals surface area contributed by atoms with E-state index in [0.29, 0.717) is 24.0 Å². The smallest absolute Gasteiger partial charge is 0.278 e. The predicted octanol–water partition coefficient (Wildman–Crippen LogP) is 3.95. The molecule has 1 atom stereocenters. The number of para-hydroxylation sites is 1. The number of hydroxylamine groups is 1. The highest BCUT2D eigenvalue weighted by molar-refractivity contribution is 5.92. The molecule has 1 aromatic carbocycles. The van der Waals surface area contributed by atoms with E-state index >= 15 is 0 Å². The van der Waals surface area contributed by atoms with E-state index in [1.54, 1.807) is 12.4 Å². The lowest BCUT2D eigenvalue weighted by molar-refractivity contribution is -0.186. The molecule has 9 nitrogen and oxygen atoms in total. The van der Waals surface area contributed by atoms with Gasteiger partial charge in [0.1, 0.15) is 0 Å². The molecule has 1 unspecified atom stereocenters. The van der Waals surface area contributed by atoms with Crippen molar-refractivity contribution < 1.29 is 14.4 Å². The number of ether oxygens (including phenoxy) is 1. The second kappa shape index (κ2) is 11.2.